The summed E-state index contributed by atoms with van der Waals surface area (Å²) in [6.07, 6.45) is 6.23. The van der Waals surface area contributed by atoms with Crippen LogP contribution in [-0.2, 0) is 28.3 Å². The van der Waals surface area contributed by atoms with Crippen molar-refractivity contribution in [2.24, 2.45) is 7.05 Å². The SMILES string of the molecule is Cc1ccc(S(=O)(=O)n2ccc3ccc([C@H](CC(=O)Nc4cccc5cccnc45)Cc4cn(C)c5ccccc45)cc32)cc1. The van der Waals surface area contributed by atoms with Crippen molar-refractivity contribution < 1.29 is 13.2 Å². The van der Waals surface area contributed by atoms with Gasteiger partial charge in [0.25, 0.3) is 10.0 Å². The van der Waals surface area contributed by atoms with E-state index in [1.165, 1.54) is 3.97 Å². The molecule has 0 spiro atoms. The van der Waals surface area contributed by atoms with Crippen molar-refractivity contribution in [1.82, 2.24) is 13.5 Å². The number of pyridine rings is 1. The second kappa shape index (κ2) is 11.4. The summed E-state index contributed by atoms with van der Waals surface area (Å²) in [7, 11) is -1.80. The predicted molar refractivity (Wildman–Crippen MR) is 180 cm³/mol. The number of para-hydroxylation sites is 2. The molecule has 45 heavy (non-hydrogen) atoms. The Kier molecular flexibility index (Phi) is 7.22. The van der Waals surface area contributed by atoms with Gasteiger partial charge >= 0.3 is 0 Å². The van der Waals surface area contributed by atoms with Crippen molar-refractivity contribution in [3.05, 3.63) is 138 Å². The number of carbonyl (C=O) groups is 1. The monoisotopic (exact) mass is 612 g/mol. The highest BCUT2D eigenvalue weighted by atomic mass is 32.2. The number of nitrogens with one attached hydrogen (secondary N) is 1. The average Bonchev–Trinajstić information content (AvgIpc) is 3.62. The summed E-state index contributed by atoms with van der Waals surface area (Å²) in [5, 5.41) is 5.99. The number of hydrogen-bond donors (Lipinski definition) is 1. The number of fused-ring (bicyclic) bond motifs is 3. The lowest BCUT2D eigenvalue weighted by atomic mass is 9.88. The van der Waals surface area contributed by atoms with Gasteiger partial charge in [0.05, 0.1) is 21.6 Å². The number of benzene rings is 4. The smallest absolute Gasteiger partial charge is 0.268 e. The minimum absolute atomic E-state index is 0.138. The van der Waals surface area contributed by atoms with Crippen LogP contribution in [0.25, 0.3) is 32.7 Å². The molecule has 7 nitrogen and oxygen atoms in total. The van der Waals surface area contributed by atoms with E-state index in [2.05, 4.69) is 33.2 Å². The topological polar surface area (TPSA) is 86.0 Å². The van der Waals surface area contributed by atoms with Gasteiger partial charge in [-0.3, -0.25) is 9.78 Å². The Hall–Kier alpha value is -5.21. The van der Waals surface area contributed by atoms with Gasteiger partial charge in [0.1, 0.15) is 0 Å². The maximum absolute atomic E-state index is 13.7. The summed E-state index contributed by atoms with van der Waals surface area (Å²) < 4.78 is 30.9. The molecule has 7 rings (SSSR count). The molecule has 0 saturated carbocycles. The molecular weight excluding hydrogens is 580 g/mol. The normalized spacial score (nSPS) is 12.6. The first-order chi connectivity index (χ1) is 21.8. The molecule has 1 amide bonds. The molecular formula is C37H32N4O3S. The van der Waals surface area contributed by atoms with Crippen LogP contribution in [0, 0.1) is 6.92 Å². The molecule has 0 aliphatic rings. The van der Waals surface area contributed by atoms with Gasteiger partial charge in [-0.05, 0) is 72.9 Å². The number of aryl methyl sites for hydroxylation is 2. The van der Waals surface area contributed by atoms with Gasteiger partial charge in [-0.25, -0.2) is 12.4 Å². The van der Waals surface area contributed by atoms with Crippen molar-refractivity contribution in [3.63, 3.8) is 0 Å². The Morgan fingerprint density at radius 2 is 1.67 bits per heavy atom. The molecule has 1 N–H and O–H groups in total. The number of aromatic nitrogens is 3. The standard InChI is InChI=1S/C37H32N4O3S/c1-25-12-16-31(17-13-25)45(43,44)41-20-18-26-14-15-28(22-35(26)41)29(21-30-24-40(2)34-11-4-3-9-32(30)34)23-36(42)39-33-10-5-7-27-8-6-19-38-37(27)33/h3-20,22,24,29H,21,23H2,1-2H3,(H,39,42)/t29-/m0/s1. The third-order valence-corrected chi connectivity index (χ3v) is 10.2. The molecule has 0 bridgehead atoms. The van der Waals surface area contributed by atoms with Crippen molar-refractivity contribution in [3.8, 4) is 0 Å². The highest BCUT2D eigenvalue weighted by Crippen LogP contribution is 2.33. The van der Waals surface area contributed by atoms with Crippen LogP contribution >= 0.6 is 0 Å². The molecule has 0 aliphatic heterocycles. The lowest BCUT2D eigenvalue weighted by Gasteiger charge is -2.18. The first-order valence-corrected chi connectivity index (χ1v) is 16.3. The molecule has 7 aromatic rings. The van der Waals surface area contributed by atoms with E-state index in [-0.39, 0.29) is 23.1 Å². The zero-order valence-corrected chi connectivity index (χ0v) is 25.8. The van der Waals surface area contributed by atoms with E-state index in [1.54, 1.807) is 36.7 Å². The molecule has 0 radical (unpaired) electrons. The summed E-state index contributed by atoms with van der Waals surface area (Å²) in [6.45, 7) is 1.93. The van der Waals surface area contributed by atoms with E-state index in [0.717, 1.165) is 43.9 Å². The molecule has 8 heteroatoms. The third kappa shape index (κ3) is 5.38. The summed E-state index contributed by atoms with van der Waals surface area (Å²) in [4.78, 5) is 18.4. The second-order valence-electron chi connectivity index (χ2n) is 11.6. The van der Waals surface area contributed by atoms with E-state index >= 15 is 0 Å². The molecule has 0 unspecified atom stereocenters. The number of rotatable bonds is 8. The molecule has 3 heterocycles. The molecule has 3 aromatic heterocycles. The quantitative estimate of drug-likeness (QED) is 0.192. The van der Waals surface area contributed by atoms with Gasteiger partial charge in [0.15, 0.2) is 0 Å². The first-order valence-electron chi connectivity index (χ1n) is 14.9. The Balaban J connectivity index is 1.28. The van der Waals surface area contributed by atoms with Crippen molar-refractivity contribution in [2.75, 3.05) is 5.32 Å². The fourth-order valence-electron chi connectivity index (χ4n) is 6.20. The number of carbonyl (C=O) groups excluding carboxylic acids is 1. The molecule has 0 fully saturated rings. The van der Waals surface area contributed by atoms with E-state index in [0.29, 0.717) is 17.6 Å². The maximum atomic E-state index is 13.7. The molecule has 0 saturated heterocycles. The third-order valence-electron chi connectivity index (χ3n) is 8.52. The minimum Gasteiger partial charge on any atom is -0.350 e. The summed E-state index contributed by atoms with van der Waals surface area (Å²) in [5.74, 6) is -0.366. The Bertz CT molecular complexity index is 2310. The van der Waals surface area contributed by atoms with Crippen LogP contribution in [0.1, 0.15) is 29.0 Å². The fraction of sp³-hybridized carbons (Fsp3) is 0.135. The fourth-order valence-corrected chi connectivity index (χ4v) is 7.55. The zero-order chi connectivity index (χ0) is 31.1. The summed E-state index contributed by atoms with van der Waals surface area (Å²) >= 11 is 0. The highest BCUT2D eigenvalue weighted by Gasteiger charge is 2.23. The van der Waals surface area contributed by atoms with Crippen molar-refractivity contribution >= 4 is 54.3 Å². The Morgan fingerprint density at radius 1 is 0.867 bits per heavy atom. The van der Waals surface area contributed by atoms with Gasteiger partial charge in [-0.1, -0.05) is 66.2 Å². The maximum Gasteiger partial charge on any atom is 0.268 e. The molecule has 4 aromatic carbocycles. The minimum atomic E-state index is -3.82. The first kappa shape index (κ1) is 28.6. The van der Waals surface area contributed by atoms with Gasteiger partial charge in [0.2, 0.25) is 5.91 Å². The van der Waals surface area contributed by atoms with Crippen LogP contribution in [0.5, 0.6) is 0 Å². The van der Waals surface area contributed by atoms with Gasteiger partial charge in [-0.2, -0.15) is 0 Å². The van der Waals surface area contributed by atoms with E-state index < -0.39 is 10.0 Å². The highest BCUT2D eigenvalue weighted by molar-refractivity contribution is 7.90. The zero-order valence-electron chi connectivity index (χ0n) is 25.0. The van der Waals surface area contributed by atoms with E-state index in [1.807, 2.05) is 80.7 Å². The Labute approximate surface area is 261 Å². The molecule has 224 valence electrons. The lowest BCUT2D eigenvalue weighted by molar-refractivity contribution is -0.116. The number of anilines is 1. The summed E-state index contributed by atoms with van der Waals surface area (Å²) in [6, 6.07) is 32.4. The van der Waals surface area contributed by atoms with Crippen LogP contribution in [0.3, 0.4) is 0 Å². The number of hydrogen-bond acceptors (Lipinski definition) is 4. The van der Waals surface area contributed by atoms with Crippen LogP contribution < -0.4 is 5.32 Å². The number of nitrogens with zero attached hydrogens (tertiary/aromatic N) is 3. The largest absolute Gasteiger partial charge is 0.350 e. The lowest BCUT2D eigenvalue weighted by Crippen LogP contribution is -2.18. The van der Waals surface area contributed by atoms with E-state index in [4.69, 9.17) is 0 Å². The van der Waals surface area contributed by atoms with Gasteiger partial charge in [0, 0.05) is 53.7 Å². The van der Waals surface area contributed by atoms with Gasteiger partial charge < -0.3 is 9.88 Å². The van der Waals surface area contributed by atoms with E-state index in [9.17, 15) is 13.2 Å². The molecule has 0 aliphatic carbocycles. The second-order valence-corrected chi connectivity index (χ2v) is 13.4. The van der Waals surface area contributed by atoms with Gasteiger partial charge in [-0.15, -0.1) is 0 Å². The van der Waals surface area contributed by atoms with Crippen LogP contribution in [0.4, 0.5) is 5.69 Å². The predicted octanol–water partition coefficient (Wildman–Crippen LogP) is 7.58. The average molecular weight is 613 g/mol. The molecule has 1 atom stereocenters. The summed E-state index contributed by atoms with van der Waals surface area (Å²) in [5.41, 5.74) is 6.10. The number of amides is 1. The van der Waals surface area contributed by atoms with Crippen LogP contribution in [0.2, 0.25) is 0 Å². The van der Waals surface area contributed by atoms with Crippen LogP contribution in [-0.4, -0.2) is 27.8 Å². The Morgan fingerprint density at radius 3 is 2.51 bits per heavy atom. The van der Waals surface area contributed by atoms with Crippen molar-refractivity contribution in [2.45, 2.75) is 30.6 Å². The van der Waals surface area contributed by atoms with Crippen LogP contribution in [0.15, 0.2) is 127 Å². The van der Waals surface area contributed by atoms with Crippen molar-refractivity contribution in [1.29, 1.82) is 0 Å².